The highest BCUT2D eigenvalue weighted by atomic mass is 32.1. The van der Waals surface area contributed by atoms with E-state index in [1.54, 1.807) is 36.1 Å². The summed E-state index contributed by atoms with van der Waals surface area (Å²) in [5, 5.41) is 3.33. The minimum Gasteiger partial charge on any atom is -0.301 e. The zero-order chi connectivity index (χ0) is 62.3. The molecule has 4 unspecified atom stereocenters. The SMILES string of the molecule is CCc1nc2c(nc1CC)N1c3ccccc3CC1N2c1ccccc1.Cc1nc2c(nc1C)N1c3ccccc3CC1N2c1ccccc1.c1ccc(N2c3nccnc3N3c4ccccc4CC23)nc1.c1csc(N2c3nccnc3N3c4ccccc4CC23)c1. The molecule has 8 aliphatic rings. The van der Waals surface area contributed by atoms with E-state index in [1.165, 1.54) is 55.7 Å². The lowest BCUT2D eigenvalue weighted by Crippen LogP contribution is -2.36. The smallest absolute Gasteiger partial charge is 0.179 e. The molecule has 0 fully saturated rings. The monoisotopic (exact) mass is 1240 g/mol. The average molecular weight is 1240 g/mol. The molecule has 6 aromatic carbocycles. The number of rotatable bonds is 6. The van der Waals surface area contributed by atoms with E-state index in [9.17, 15) is 0 Å². The molecule has 4 atom stereocenters. The Morgan fingerprint density at radius 2 is 0.677 bits per heavy atom. The standard InChI is InChI=1S/C22H22N4.C20H18N4.C17H13N5.C16H12N4S/c1-3-17-18(4-2)24-22-21(23-17)25(16-11-6-5-7-12-16)20-14-15-10-8-9-13-19(15)26(20)22;1-13-14(2)22-20-19(21-13)23(16-9-4-3-5-10-16)18-12-15-8-6-7-11-17(15)24(18)20;1-2-6-13-12(5-1)11-15-21(13)16-17(20-10-9-19-16)22(15)14-7-3-4-8-18-14;1-2-5-12-11(4-1)10-13-19(12)15-16(18-8-7-17-15)20(13)14-6-3-9-21-14/h5-13,20H,3-4,14H2,1-2H3;3-11,18H,12H2,1-2H3;1-10,15H,11H2;1-9,13H,10H2. The molecule has 0 amide bonds. The number of para-hydroxylation sites is 6. The van der Waals surface area contributed by atoms with E-state index in [0.717, 1.165) is 119 Å². The van der Waals surface area contributed by atoms with Crippen molar-refractivity contribution in [3.8, 4) is 0 Å². The van der Waals surface area contributed by atoms with Gasteiger partial charge in [-0.3, -0.25) is 9.80 Å². The zero-order valence-corrected chi connectivity index (χ0v) is 52.7. The second-order valence-electron chi connectivity index (χ2n) is 23.9. The number of thiophene rings is 1. The van der Waals surface area contributed by atoms with Crippen LogP contribution in [0.15, 0.2) is 224 Å². The zero-order valence-electron chi connectivity index (χ0n) is 51.9. The number of aryl methyl sites for hydroxylation is 4. The molecule has 0 saturated carbocycles. The first-order valence-corrected chi connectivity index (χ1v) is 32.9. The maximum atomic E-state index is 5.08. The predicted octanol–water partition coefficient (Wildman–Crippen LogP) is 15.8. The summed E-state index contributed by atoms with van der Waals surface area (Å²) < 4.78 is 0. The Balaban J connectivity index is 0.0000000949. The Morgan fingerprint density at radius 1 is 0.323 bits per heavy atom. The van der Waals surface area contributed by atoms with E-state index >= 15 is 0 Å². The van der Waals surface area contributed by atoms with Gasteiger partial charge in [-0.15, -0.1) is 11.3 Å². The van der Waals surface area contributed by atoms with Gasteiger partial charge in [-0.1, -0.05) is 129 Å². The van der Waals surface area contributed by atoms with Crippen LogP contribution < -0.4 is 39.2 Å². The molecule has 18 heteroatoms. The number of fused-ring (bicyclic) bond motifs is 20. The molecular weight excluding hydrogens is 1170 g/mol. The average Bonchev–Trinajstić information content (AvgIpc) is 1.60. The second-order valence-corrected chi connectivity index (χ2v) is 24.9. The van der Waals surface area contributed by atoms with Gasteiger partial charge < -0.3 is 29.4 Å². The number of benzene rings is 6. The van der Waals surface area contributed by atoms with E-state index in [1.807, 2.05) is 44.3 Å². The summed E-state index contributed by atoms with van der Waals surface area (Å²) >= 11 is 1.74. The molecule has 0 aliphatic carbocycles. The van der Waals surface area contributed by atoms with Crippen molar-refractivity contribution in [1.29, 1.82) is 0 Å². The largest absolute Gasteiger partial charge is 0.301 e. The van der Waals surface area contributed by atoms with Crippen LogP contribution >= 0.6 is 11.3 Å². The molecule has 456 valence electrons. The van der Waals surface area contributed by atoms with Crippen LogP contribution in [0.3, 0.4) is 0 Å². The van der Waals surface area contributed by atoms with E-state index < -0.39 is 0 Å². The van der Waals surface area contributed by atoms with Crippen molar-refractivity contribution in [2.45, 2.75) is 90.9 Å². The van der Waals surface area contributed by atoms with E-state index in [4.69, 9.17) is 19.9 Å². The summed E-state index contributed by atoms with van der Waals surface area (Å²) in [6.07, 6.45) is 15.4. The summed E-state index contributed by atoms with van der Waals surface area (Å²) in [7, 11) is 0. The summed E-state index contributed by atoms with van der Waals surface area (Å²) in [5.41, 5.74) is 17.0. The van der Waals surface area contributed by atoms with Crippen molar-refractivity contribution in [3.05, 3.63) is 269 Å². The first kappa shape index (κ1) is 55.9. The molecule has 0 N–H and O–H groups in total. The Labute approximate surface area is 544 Å². The Bertz CT molecular complexity index is 4710. The highest BCUT2D eigenvalue weighted by Gasteiger charge is 2.49. The van der Waals surface area contributed by atoms with Crippen LogP contribution in [0.5, 0.6) is 0 Å². The van der Waals surface area contributed by atoms with Gasteiger partial charge in [0.2, 0.25) is 0 Å². The van der Waals surface area contributed by atoms with Crippen molar-refractivity contribution in [2.24, 2.45) is 0 Å². The third-order valence-corrected chi connectivity index (χ3v) is 19.7. The van der Waals surface area contributed by atoms with Crippen LogP contribution in [0.1, 0.15) is 58.9 Å². The van der Waals surface area contributed by atoms with Gasteiger partial charge in [0.05, 0.1) is 27.8 Å². The maximum absolute atomic E-state index is 5.08. The summed E-state index contributed by atoms with van der Waals surface area (Å²) in [6.45, 7) is 8.39. The molecule has 0 saturated heterocycles. The van der Waals surface area contributed by atoms with Crippen molar-refractivity contribution in [3.63, 3.8) is 0 Å². The van der Waals surface area contributed by atoms with Gasteiger partial charge in [-0.25, -0.2) is 44.9 Å². The fourth-order valence-corrected chi connectivity index (χ4v) is 15.4. The molecule has 0 radical (unpaired) electrons. The van der Waals surface area contributed by atoms with Gasteiger partial charge in [-0.05, 0) is 127 Å². The summed E-state index contributed by atoms with van der Waals surface area (Å²) in [5.74, 6) is 8.52. The molecule has 17 nitrogen and oxygen atoms in total. The number of anilines is 16. The molecule has 20 rings (SSSR count). The van der Waals surface area contributed by atoms with Gasteiger partial charge in [0, 0.05) is 90.8 Å². The van der Waals surface area contributed by atoms with Gasteiger partial charge in [0.1, 0.15) is 30.5 Å². The van der Waals surface area contributed by atoms with Gasteiger partial charge in [0.25, 0.3) is 0 Å². The lowest BCUT2D eigenvalue weighted by molar-refractivity contribution is 0.716. The first-order chi connectivity index (χ1) is 45.9. The van der Waals surface area contributed by atoms with Crippen LogP contribution in [0.2, 0.25) is 0 Å². The highest BCUT2D eigenvalue weighted by molar-refractivity contribution is 7.14. The predicted molar refractivity (Wildman–Crippen MR) is 371 cm³/mol. The van der Waals surface area contributed by atoms with Crippen LogP contribution in [-0.2, 0) is 38.5 Å². The number of hydrogen-bond donors (Lipinski definition) is 0. The molecule has 0 bridgehead atoms. The van der Waals surface area contributed by atoms with E-state index in [0.29, 0.717) is 0 Å². The van der Waals surface area contributed by atoms with Gasteiger partial charge in [0.15, 0.2) is 46.5 Å². The number of nitrogens with zero attached hydrogens (tertiary/aromatic N) is 17. The summed E-state index contributed by atoms with van der Waals surface area (Å²) in [4.78, 5) is 61.2. The van der Waals surface area contributed by atoms with Gasteiger partial charge >= 0.3 is 0 Å². The quantitative estimate of drug-likeness (QED) is 0.156. The Morgan fingerprint density at radius 3 is 1.10 bits per heavy atom. The minimum absolute atomic E-state index is 0.157. The van der Waals surface area contributed by atoms with Crippen molar-refractivity contribution in [1.82, 2.24) is 44.9 Å². The van der Waals surface area contributed by atoms with Crippen molar-refractivity contribution < 1.29 is 0 Å². The topological polar surface area (TPSA) is 142 Å². The minimum atomic E-state index is 0.157. The van der Waals surface area contributed by atoms with Gasteiger partial charge in [-0.2, -0.15) is 0 Å². The third kappa shape index (κ3) is 9.20. The van der Waals surface area contributed by atoms with Crippen LogP contribution in [0.4, 0.5) is 91.5 Å². The number of pyridine rings is 1. The molecule has 6 aromatic heterocycles. The molecule has 93 heavy (non-hydrogen) atoms. The molecule has 12 aromatic rings. The third-order valence-electron chi connectivity index (χ3n) is 18.8. The lowest BCUT2D eigenvalue weighted by atomic mass is 10.1. The Kier molecular flexibility index (Phi) is 13.8. The van der Waals surface area contributed by atoms with Crippen molar-refractivity contribution >= 4 is 103 Å². The molecule has 0 spiro atoms. The fraction of sp³-hybridized carbons (Fsp3) is 0.187. The number of aromatic nitrogens is 9. The van der Waals surface area contributed by atoms with Crippen molar-refractivity contribution in [2.75, 3.05) is 39.2 Å². The lowest BCUT2D eigenvalue weighted by Gasteiger charge is -2.26. The second kappa shape index (κ2) is 23.0. The maximum Gasteiger partial charge on any atom is 0.179 e. The highest BCUT2D eigenvalue weighted by Crippen LogP contribution is 2.55. The molecule has 14 heterocycles. The van der Waals surface area contributed by atoms with E-state index in [2.05, 4.69) is 247 Å². The Hall–Kier alpha value is -11.1. The molecule has 8 aliphatic heterocycles. The number of hydrogen-bond acceptors (Lipinski definition) is 18. The first-order valence-electron chi connectivity index (χ1n) is 32.0. The normalized spacial score (nSPS) is 17.8. The van der Waals surface area contributed by atoms with Crippen LogP contribution in [-0.4, -0.2) is 69.5 Å². The van der Waals surface area contributed by atoms with E-state index in [-0.39, 0.29) is 24.7 Å². The fourth-order valence-electron chi connectivity index (χ4n) is 14.7. The molecular formula is C75H65N17S. The van der Waals surface area contributed by atoms with Crippen LogP contribution in [0, 0.1) is 13.8 Å². The van der Waals surface area contributed by atoms with Crippen LogP contribution in [0.25, 0.3) is 0 Å². The summed E-state index contributed by atoms with van der Waals surface area (Å²) in [6, 6.07) is 65.6.